The van der Waals surface area contributed by atoms with Gasteiger partial charge in [0.05, 0.1) is 13.7 Å². The van der Waals surface area contributed by atoms with Gasteiger partial charge in [0.15, 0.2) is 0 Å². The molecule has 1 aliphatic heterocycles. The minimum Gasteiger partial charge on any atom is -0.497 e. The molecule has 4 rings (SSSR count). The van der Waals surface area contributed by atoms with Crippen LogP contribution in [-0.4, -0.2) is 53.1 Å². The SMILES string of the molecule is COc1ccc(-c2noc(CN(C)C(=O)c3ccc(CN4CCC(C)CC4)cc3)n2)cc1. The van der Waals surface area contributed by atoms with Gasteiger partial charge in [-0.25, -0.2) is 0 Å². The Bertz CT molecular complexity index is 1020. The molecule has 0 bridgehead atoms. The summed E-state index contributed by atoms with van der Waals surface area (Å²) in [7, 11) is 3.36. The Labute approximate surface area is 189 Å². The second-order valence-corrected chi connectivity index (χ2v) is 8.56. The standard InChI is InChI=1S/C25H30N4O3/c1-18-12-14-29(15-13-18)16-19-4-6-21(7-5-19)25(30)28(2)17-23-26-24(27-32-23)20-8-10-22(31-3)11-9-20/h4-11,18H,12-17H2,1-3H3. The van der Waals surface area contributed by atoms with Gasteiger partial charge in [-0.05, 0) is 73.8 Å². The fourth-order valence-electron chi connectivity index (χ4n) is 3.90. The number of nitrogens with zero attached hydrogens (tertiary/aromatic N) is 4. The second-order valence-electron chi connectivity index (χ2n) is 8.56. The molecular formula is C25H30N4O3. The maximum atomic E-state index is 12.8. The van der Waals surface area contributed by atoms with Gasteiger partial charge in [-0.3, -0.25) is 9.69 Å². The number of carbonyl (C=O) groups is 1. The first-order chi connectivity index (χ1) is 15.5. The van der Waals surface area contributed by atoms with Gasteiger partial charge in [-0.15, -0.1) is 0 Å². The highest BCUT2D eigenvalue weighted by Crippen LogP contribution is 2.21. The number of rotatable bonds is 7. The van der Waals surface area contributed by atoms with E-state index < -0.39 is 0 Å². The number of methoxy groups -OCH3 is 1. The van der Waals surface area contributed by atoms with Crippen LogP contribution in [0.3, 0.4) is 0 Å². The Kier molecular flexibility index (Phi) is 6.85. The van der Waals surface area contributed by atoms with Gasteiger partial charge in [-0.2, -0.15) is 4.98 Å². The van der Waals surface area contributed by atoms with Crippen LogP contribution in [0.25, 0.3) is 11.4 Å². The molecule has 2 heterocycles. The predicted molar refractivity (Wildman–Crippen MR) is 122 cm³/mol. The van der Waals surface area contributed by atoms with Gasteiger partial charge in [-0.1, -0.05) is 24.2 Å². The molecule has 168 valence electrons. The van der Waals surface area contributed by atoms with Crippen molar-refractivity contribution in [2.75, 3.05) is 27.2 Å². The maximum absolute atomic E-state index is 12.8. The Balaban J connectivity index is 1.34. The molecule has 3 aromatic rings. The second kappa shape index (κ2) is 9.96. The van der Waals surface area contributed by atoms with Crippen molar-refractivity contribution in [3.63, 3.8) is 0 Å². The van der Waals surface area contributed by atoms with Crippen molar-refractivity contribution in [2.24, 2.45) is 5.92 Å². The number of likely N-dealkylation sites (tertiary alicyclic amines) is 1. The van der Waals surface area contributed by atoms with Crippen molar-refractivity contribution in [1.82, 2.24) is 19.9 Å². The summed E-state index contributed by atoms with van der Waals surface area (Å²) in [6.07, 6.45) is 2.52. The van der Waals surface area contributed by atoms with Crippen LogP contribution in [0.4, 0.5) is 0 Å². The first-order valence-electron chi connectivity index (χ1n) is 11.1. The maximum Gasteiger partial charge on any atom is 0.254 e. The number of aromatic nitrogens is 2. The Hall–Kier alpha value is -3.19. The fraction of sp³-hybridized carbons (Fsp3) is 0.400. The van der Waals surface area contributed by atoms with Gasteiger partial charge < -0.3 is 14.2 Å². The molecule has 1 fully saturated rings. The summed E-state index contributed by atoms with van der Waals surface area (Å²) < 4.78 is 10.5. The minimum absolute atomic E-state index is 0.0763. The molecule has 32 heavy (non-hydrogen) atoms. The zero-order chi connectivity index (χ0) is 22.5. The van der Waals surface area contributed by atoms with Crippen LogP contribution in [-0.2, 0) is 13.1 Å². The number of amides is 1. The van der Waals surface area contributed by atoms with E-state index in [2.05, 4.69) is 22.0 Å². The van der Waals surface area contributed by atoms with E-state index in [1.165, 1.54) is 18.4 Å². The summed E-state index contributed by atoms with van der Waals surface area (Å²) in [5.41, 5.74) is 2.71. The molecule has 0 unspecified atom stereocenters. The van der Waals surface area contributed by atoms with Crippen LogP contribution in [0.2, 0.25) is 0 Å². The van der Waals surface area contributed by atoms with Gasteiger partial charge in [0.1, 0.15) is 5.75 Å². The van der Waals surface area contributed by atoms with Crippen LogP contribution in [0.5, 0.6) is 5.75 Å². The third-order valence-electron chi connectivity index (χ3n) is 6.02. The summed E-state index contributed by atoms with van der Waals surface area (Å²) in [6.45, 7) is 5.80. The van der Waals surface area contributed by atoms with E-state index >= 15 is 0 Å². The summed E-state index contributed by atoms with van der Waals surface area (Å²) in [5, 5.41) is 4.03. The Morgan fingerprint density at radius 2 is 1.81 bits per heavy atom. The van der Waals surface area contributed by atoms with Crippen molar-refractivity contribution in [1.29, 1.82) is 0 Å². The predicted octanol–water partition coefficient (Wildman–Crippen LogP) is 4.25. The van der Waals surface area contributed by atoms with Crippen LogP contribution in [0, 0.1) is 5.92 Å². The molecule has 0 aliphatic carbocycles. The highest BCUT2D eigenvalue weighted by molar-refractivity contribution is 5.94. The van der Waals surface area contributed by atoms with Crippen LogP contribution >= 0.6 is 0 Å². The topological polar surface area (TPSA) is 71.7 Å². The van der Waals surface area contributed by atoms with E-state index in [0.29, 0.717) is 17.3 Å². The highest BCUT2D eigenvalue weighted by Gasteiger charge is 2.18. The zero-order valence-corrected chi connectivity index (χ0v) is 19.0. The quantitative estimate of drug-likeness (QED) is 0.554. The van der Waals surface area contributed by atoms with Gasteiger partial charge in [0.2, 0.25) is 11.7 Å². The van der Waals surface area contributed by atoms with Crippen LogP contribution < -0.4 is 4.74 Å². The molecule has 1 saturated heterocycles. The fourth-order valence-corrected chi connectivity index (χ4v) is 3.90. The smallest absolute Gasteiger partial charge is 0.254 e. The van der Waals surface area contributed by atoms with Crippen LogP contribution in [0.1, 0.15) is 41.6 Å². The van der Waals surface area contributed by atoms with Gasteiger partial charge >= 0.3 is 0 Å². The van der Waals surface area contributed by atoms with E-state index in [1.807, 2.05) is 48.5 Å². The summed E-state index contributed by atoms with van der Waals surface area (Å²) in [5.74, 6) is 2.39. The lowest BCUT2D eigenvalue weighted by Gasteiger charge is -2.30. The summed E-state index contributed by atoms with van der Waals surface area (Å²) in [4.78, 5) is 21.3. The largest absolute Gasteiger partial charge is 0.497 e. The van der Waals surface area contributed by atoms with Crippen LogP contribution in [0.15, 0.2) is 53.1 Å². The molecule has 1 aromatic heterocycles. The molecule has 0 saturated carbocycles. The zero-order valence-electron chi connectivity index (χ0n) is 19.0. The number of hydrogen-bond donors (Lipinski definition) is 0. The Morgan fingerprint density at radius 1 is 1.12 bits per heavy atom. The molecule has 2 aromatic carbocycles. The number of piperidine rings is 1. The van der Waals surface area contributed by atoms with E-state index in [4.69, 9.17) is 9.26 Å². The van der Waals surface area contributed by atoms with Gasteiger partial charge in [0, 0.05) is 24.7 Å². The normalized spacial score (nSPS) is 15.0. The van der Waals surface area contributed by atoms with Crippen molar-refractivity contribution in [2.45, 2.75) is 32.9 Å². The van der Waals surface area contributed by atoms with Gasteiger partial charge in [0.25, 0.3) is 5.91 Å². The lowest BCUT2D eigenvalue weighted by Crippen LogP contribution is -2.32. The van der Waals surface area contributed by atoms with E-state index in [1.54, 1.807) is 19.1 Å². The average molecular weight is 435 g/mol. The number of hydrogen-bond acceptors (Lipinski definition) is 6. The monoisotopic (exact) mass is 434 g/mol. The minimum atomic E-state index is -0.0763. The number of carbonyl (C=O) groups excluding carboxylic acids is 1. The molecule has 0 N–H and O–H groups in total. The third-order valence-corrected chi connectivity index (χ3v) is 6.02. The molecule has 7 heteroatoms. The molecule has 0 spiro atoms. The van der Waals surface area contributed by atoms with E-state index in [-0.39, 0.29) is 12.5 Å². The summed E-state index contributed by atoms with van der Waals surface area (Å²) in [6, 6.07) is 15.3. The first kappa shape index (κ1) is 22.0. The van der Waals surface area contributed by atoms with Crippen molar-refractivity contribution in [3.8, 4) is 17.1 Å². The molecule has 0 atom stereocenters. The van der Waals surface area contributed by atoms with E-state index in [9.17, 15) is 4.79 Å². The van der Waals surface area contributed by atoms with Crippen molar-refractivity contribution >= 4 is 5.91 Å². The summed E-state index contributed by atoms with van der Waals surface area (Å²) >= 11 is 0. The number of ether oxygens (including phenoxy) is 1. The lowest BCUT2D eigenvalue weighted by atomic mass is 9.99. The third kappa shape index (κ3) is 5.34. The number of benzene rings is 2. The van der Waals surface area contributed by atoms with E-state index in [0.717, 1.165) is 36.9 Å². The molecular weight excluding hydrogens is 404 g/mol. The first-order valence-corrected chi connectivity index (χ1v) is 11.1. The average Bonchev–Trinajstić information content (AvgIpc) is 3.29. The highest BCUT2D eigenvalue weighted by atomic mass is 16.5. The Morgan fingerprint density at radius 3 is 2.47 bits per heavy atom. The molecule has 7 nitrogen and oxygen atoms in total. The van der Waals surface area contributed by atoms with Crippen molar-refractivity contribution < 1.29 is 14.1 Å². The lowest BCUT2D eigenvalue weighted by molar-refractivity contribution is 0.0769. The molecule has 0 radical (unpaired) electrons. The molecule has 1 aliphatic rings. The van der Waals surface area contributed by atoms with Crippen molar-refractivity contribution in [3.05, 3.63) is 65.5 Å². The molecule has 1 amide bonds.